The first-order valence-corrected chi connectivity index (χ1v) is 4.89. The van der Waals surface area contributed by atoms with Gasteiger partial charge in [-0.2, -0.15) is 11.8 Å². The molecule has 0 aromatic carbocycles. The second-order valence-electron chi connectivity index (χ2n) is 2.22. The Morgan fingerprint density at radius 2 is 2.30 bits per heavy atom. The molecule has 62 valence electrons. The van der Waals surface area contributed by atoms with Crippen LogP contribution in [0.1, 0.15) is 6.42 Å². The lowest BCUT2D eigenvalue weighted by atomic mass is 10.2. The maximum absolute atomic E-state index is 4.97. The summed E-state index contributed by atoms with van der Waals surface area (Å²) in [5.41, 5.74) is 0. The minimum atomic E-state index is 0.606. The topological polar surface area (TPSA) is 21.3 Å². The molecule has 0 bridgehead atoms. The first-order valence-electron chi connectivity index (χ1n) is 3.50. The quantitative estimate of drug-likeness (QED) is 0.630. The zero-order chi connectivity index (χ0) is 7.82. The van der Waals surface area contributed by atoms with Crippen molar-refractivity contribution in [2.45, 2.75) is 12.5 Å². The highest BCUT2D eigenvalue weighted by Gasteiger charge is 2.02. The van der Waals surface area contributed by atoms with Crippen molar-refractivity contribution in [2.24, 2.45) is 0 Å². The second kappa shape index (κ2) is 7.38. The highest BCUT2D eigenvalue weighted by molar-refractivity contribution is 7.98. The van der Waals surface area contributed by atoms with Crippen LogP contribution in [-0.4, -0.2) is 38.8 Å². The van der Waals surface area contributed by atoms with E-state index < -0.39 is 0 Å². The summed E-state index contributed by atoms with van der Waals surface area (Å²) in [6.45, 7) is 0.853. The first-order chi connectivity index (χ1) is 4.85. The fourth-order valence-electron chi connectivity index (χ4n) is 0.772. The molecule has 2 nitrogen and oxygen atoms in total. The smallest absolute Gasteiger partial charge is 0.0477 e. The highest BCUT2D eigenvalue weighted by Crippen LogP contribution is 2.00. The lowest BCUT2D eigenvalue weighted by Gasteiger charge is -2.13. The van der Waals surface area contributed by atoms with E-state index in [0.717, 1.165) is 13.0 Å². The zero-order valence-corrected chi connectivity index (χ0v) is 7.83. The van der Waals surface area contributed by atoms with Crippen LogP contribution in [0.25, 0.3) is 0 Å². The van der Waals surface area contributed by atoms with Gasteiger partial charge in [0.1, 0.15) is 0 Å². The van der Waals surface area contributed by atoms with Gasteiger partial charge in [0, 0.05) is 25.5 Å². The van der Waals surface area contributed by atoms with E-state index in [4.69, 9.17) is 4.74 Å². The molecule has 0 amide bonds. The van der Waals surface area contributed by atoms with E-state index in [1.807, 2.05) is 18.8 Å². The largest absolute Gasteiger partial charge is 0.385 e. The van der Waals surface area contributed by atoms with E-state index in [2.05, 4.69) is 11.6 Å². The molecule has 0 aromatic rings. The molecule has 0 aliphatic carbocycles. The van der Waals surface area contributed by atoms with Gasteiger partial charge in [-0.1, -0.05) is 0 Å². The SMILES string of the molecule is CNC(CCOC)CSC. The average molecular weight is 163 g/mol. The Bertz CT molecular complexity index is 70.6. The van der Waals surface area contributed by atoms with Gasteiger partial charge in [0.25, 0.3) is 0 Å². The van der Waals surface area contributed by atoms with Crippen LogP contribution in [-0.2, 0) is 4.74 Å². The second-order valence-corrected chi connectivity index (χ2v) is 3.13. The summed E-state index contributed by atoms with van der Waals surface area (Å²) in [7, 11) is 3.74. The van der Waals surface area contributed by atoms with Gasteiger partial charge in [0.15, 0.2) is 0 Å². The average Bonchev–Trinajstić information content (AvgIpc) is 1.98. The summed E-state index contributed by atoms with van der Waals surface area (Å²) >= 11 is 1.87. The Morgan fingerprint density at radius 3 is 2.70 bits per heavy atom. The summed E-state index contributed by atoms with van der Waals surface area (Å²) in [6, 6.07) is 0.606. The number of thioether (sulfide) groups is 1. The molecule has 0 fully saturated rings. The number of methoxy groups -OCH3 is 1. The lowest BCUT2D eigenvalue weighted by molar-refractivity contribution is 0.186. The predicted molar refractivity (Wildman–Crippen MR) is 47.7 cm³/mol. The number of hydrogen-bond acceptors (Lipinski definition) is 3. The van der Waals surface area contributed by atoms with E-state index >= 15 is 0 Å². The Hall–Kier alpha value is 0.270. The molecular formula is C7H17NOS. The molecule has 0 saturated carbocycles. The highest BCUT2D eigenvalue weighted by atomic mass is 32.2. The molecule has 0 aliphatic rings. The summed E-state index contributed by atoms with van der Waals surface area (Å²) in [4.78, 5) is 0. The van der Waals surface area contributed by atoms with Crippen LogP contribution in [0.3, 0.4) is 0 Å². The van der Waals surface area contributed by atoms with Crippen LogP contribution in [0.15, 0.2) is 0 Å². The predicted octanol–water partition coefficient (Wildman–Crippen LogP) is 0.974. The Labute approximate surface area is 67.7 Å². The Kier molecular flexibility index (Phi) is 7.58. The van der Waals surface area contributed by atoms with E-state index in [1.54, 1.807) is 7.11 Å². The van der Waals surface area contributed by atoms with Gasteiger partial charge in [0.2, 0.25) is 0 Å². The van der Waals surface area contributed by atoms with Crippen LogP contribution in [0.5, 0.6) is 0 Å². The third-order valence-corrected chi connectivity index (χ3v) is 2.18. The molecule has 0 aromatic heterocycles. The maximum atomic E-state index is 4.97. The van der Waals surface area contributed by atoms with Crippen LogP contribution in [0.4, 0.5) is 0 Å². The van der Waals surface area contributed by atoms with Crippen LogP contribution in [0, 0.1) is 0 Å². The summed E-state index contributed by atoms with van der Waals surface area (Å²) < 4.78 is 4.97. The molecular weight excluding hydrogens is 146 g/mol. The summed E-state index contributed by atoms with van der Waals surface area (Å²) in [6.07, 6.45) is 3.23. The van der Waals surface area contributed by atoms with Gasteiger partial charge in [0.05, 0.1) is 0 Å². The molecule has 10 heavy (non-hydrogen) atoms. The van der Waals surface area contributed by atoms with Crippen LogP contribution >= 0.6 is 11.8 Å². The van der Waals surface area contributed by atoms with Crippen molar-refractivity contribution in [3.05, 3.63) is 0 Å². The number of rotatable bonds is 6. The Balaban J connectivity index is 3.21. The van der Waals surface area contributed by atoms with Crippen molar-refractivity contribution in [3.63, 3.8) is 0 Å². The normalized spacial score (nSPS) is 13.5. The van der Waals surface area contributed by atoms with Gasteiger partial charge in [-0.3, -0.25) is 0 Å². The number of hydrogen-bond donors (Lipinski definition) is 1. The van der Waals surface area contributed by atoms with Crippen molar-refractivity contribution >= 4 is 11.8 Å². The monoisotopic (exact) mass is 163 g/mol. The summed E-state index contributed by atoms with van der Waals surface area (Å²) in [5, 5.41) is 3.24. The fraction of sp³-hybridized carbons (Fsp3) is 1.00. The van der Waals surface area contributed by atoms with Gasteiger partial charge in [-0.05, 0) is 19.7 Å². The van der Waals surface area contributed by atoms with Gasteiger partial charge in [-0.25, -0.2) is 0 Å². The van der Waals surface area contributed by atoms with Gasteiger partial charge in [-0.15, -0.1) is 0 Å². The minimum Gasteiger partial charge on any atom is -0.385 e. The van der Waals surface area contributed by atoms with E-state index in [0.29, 0.717) is 6.04 Å². The molecule has 0 spiro atoms. The molecule has 0 radical (unpaired) electrons. The van der Waals surface area contributed by atoms with Crippen molar-refractivity contribution in [1.82, 2.24) is 5.32 Å². The van der Waals surface area contributed by atoms with E-state index in [9.17, 15) is 0 Å². The molecule has 0 aliphatic heterocycles. The number of nitrogens with one attached hydrogen (secondary N) is 1. The van der Waals surface area contributed by atoms with E-state index in [-0.39, 0.29) is 0 Å². The molecule has 1 N–H and O–H groups in total. The van der Waals surface area contributed by atoms with Crippen molar-refractivity contribution in [2.75, 3.05) is 32.8 Å². The summed E-state index contributed by atoms with van der Waals surface area (Å²) in [5.74, 6) is 1.17. The number of ether oxygens (including phenoxy) is 1. The van der Waals surface area contributed by atoms with Gasteiger partial charge >= 0.3 is 0 Å². The molecule has 1 unspecified atom stereocenters. The van der Waals surface area contributed by atoms with Crippen LogP contribution < -0.4 is 5.32 Å². The van der Waals surface area contributed by atoms with Crippen molar-refractivity contribution < 1.29 is 4.74 Å². The standard InChI is InChI=1S/C7H17NOS/c1-8-7(6-10-3)4-5-9-2/h7-8H,4-6H2,1-3H3. The molecule has 0 rings (SSSR count). The third-order valence-electron chi connectivity index (χ3n) is 1.45. The third kappa shape index (κ3) is 5.09. The maximum Gasteiger partial charge on any atom is 0.0477 e. The van der Waals surface area contributed by atoms with Crippen molar-refractivity contribution in [1.29, 1.82) is 0 Å². The zero-order valence-electron chi connectivity index (χ0n) is 7.02. The van der Waals surface area contributed by atoms with Gasteiger partial charge < -0.3 is 10.1 Å². The van der Waals surface area contributed by atoms with Crippen LogP contribution in [0.2, 0.25) is 0 Å². The van der Waals surface area contributed by atoms with E-state index in [1.165, 1.54) is 5.75 Å². The molecule has 1 atom stereocenters. The minimum absolute atomic E-state index is 0.606. The lowest BCUT2D eigenvalue weighted by Crippen LogP contribution is -2.28. The Morgan fingerprint density at radius 1 is 1.60 bits per heavy atom. The first kappa shape index (κ1) is 10.3. The fourth-order valence-corrected chi connectivity index (χ4v) is 1.51. The molecule has 0 saturated heterocycles. The van der Waals surface area contributed by atoms with Crippen molar-refractivity contribution in [3.8, 4) is 0 Å². The molecule has 3 heteroatoms. The molecule has 0 heterocycles.